The lowest BCUT2D eigenvalue weighted by atomic mass is 10.0. The number of carbonyl (C=O) groups excluding carboxylic acids is 1. The molecule has 1 N–H and O–H groups in total. The van der Waals surface area contributed by atoms with Crippen molar-refractivity contribution >= 4 is 17.2 Å². The molecule has 1 aromatic heterocycles. The van der Waals surface area contributed by atoms with Crippen LogP contribution in [-0.4, -0.2) is 16.9 Å². The molecular formula is C22H24N2OS. The highest BCUT2D eigenvalue weighted by Crippen LogP contribution is 2.29. The molecule has 3 aromatic rings. The first-order chi connectivity index (χ1) is 12.5. The van der Waals surface area contributed by atoms with Crippen molar-refractivity contribution < 1.29 is 4.79 Å². The summed E-state index contributed by atoms with van der Waals surface area (Å²) in [7, 11) is 0. The second-order valence-electron chi connectivity index (χ2n) is 6.74. The average molecular weight is 365 g/mol. The van der Waals surface area contributed by atoms with Crippen LogP contribution in [0, 0.1) is 6.92 Å². The molecule has 1 atom stereocenters. The highest BCUT2D eigenvalue weighted by Gasteiger charge is 2.08. The van der Waals surface area contributed by atoms with Crippen molar-refractivity contribution in [2.45, 2.75) is 39.7 Å². The first-order valence-electron chi connectivity index (χ1n) is 8.90. The van der Waals surface area contributed by atoms with E-state index in [4.69, 9.17) is 4.98 Å². The summed E-state index contributed by atoms with van der Waals surface area (Å²) < 4.78 is 0. The van der Waals surface area contributed by atoms with Crippen molar-refractivity contribution in [1.82, 2.24) is 10.3 Å². The summed E-state index contributed by atoms with van der Waals surface area (Å²) in [5, 5.41) is 6.09. The largest absolute Gasteiger partial charge is 0.354 e. The fraction of sp³-hybridized carbons (Fsp3) is 0.273. The molecule has 0 fully saturated rings. The van der Waals surface area contributed by atoms with Gasteiger partial charge in [-0.2, -0.15) is 0 Å². The van der Waals surface area contributed by atoms with Crippen LogP contribution in [0.25, 0.3) is 21.8 Å². The zero-order chi connectivity index (χ0) is 18.5. The summed E-state index contributed by atoms with van der Waals surface area (Å²) in [5.41, 5.74) is 5.85. The number of benzene rings is 2. The normalized spacial score (nSPS) is 12.0. The molecule has 2 aromatic carbocycles. The van der Waals surface area contributed by atoms with Crippen LogP contribution in [0.15, 0.2) is 53.9 Å². The molecule has 0 spiro atoms. The molecule has 0 aliphatic carbocycles. The van der Waals surface area contributed by atoms with Crippen LogP contribution in [0.5, 0.6) is 0 Å². The summed E-state index contributed by atoms with van der Waals surface area (Å²) >= 11 is 1.68. The molecule has 0 bridgehead atoms. The molecule has 26 heavy (non-hydrogen) atoms. The summed E-state index contributed by atoms with van der Waals surface area (Å²) in [5.74, 6) is 0.0285. The zero-order valence-corrected chi connectivity index (χ0v) is 16.3. The Morgan fingerprint density at radius 2 is 1.92 bits per heavy atom. The molecule has 1 amide bonds. The Kier molecular flexibility index (Phi) is 5.84. The van der Waals surface area contributed by atoms with Crippen LogP contribution in [0.2, 0.25) is 0 Å². The fourth-order valence-electron chi connectivity index (χ4n) is 2.96. The van der Waals surface area contributed by atoms with Crippen LogP contribution >= 0.6 is 11.3 Å². The number of aryl methyl sites for hydroxylation is 2. The highest BCUT2D eigenvalue weighted by atomic mass is 32.1. The lowest BCUT2D eigenvalue weighted by Gasteiger charge is -2.12. The van der Waals surface area contributed by atoms with Crippen molar-refractivity contribution in [3.8, 4) is 21.8 Å². The van der Waals surface area contributed by atoms with Gasteiger partial charge in [-0.3, -0.25) is 4.79 Å². The second-order valence-corrected chi connectivity index (χ2v) is 7.60. The summed E-state index contributed by atoms with van der Waals surface area (Å²) in [6.45, 7) is 5.70. The van der Waals surface area contributed by atoms with Crippen molar-refractivity contribution in [2.75, 3.05) is 0 Å². The Hall–Kier alpha value is -2.46. The third kappa shape index (κ3) is 4.79. The second kappa shape index (κ2) is 8.28. The first-order valence-corrected chi connectivity index (χ1v) is 9.78. The van der Waals surface area contributed by atoms with Gasteiger partial charge in [0.1, 0.15) is 5.01 Å². The maximum Gasteiger partial charge on any atom is 0.217 e. The van der Waals surface area contributed by atoms with E-state index in [0.29, 0.717) is 0 Å². The molecule has 0 aliphatic heterocycles. The van der Waals surface area contributed by atoms with E-state index < -0.39 is 0 Å². The van der Waals surface area contributed by atoms with Gasteiger partial charge in [-0.25, -0.2) is 4.98 Å². The van der Waals surface area contributed by atoms with Crippen LogP contribution in [-0.2, 0) is 11.2 Å². The van der Waals surface area contributed by atoms with Gasteiger partial charge in [-0.15, -0.1) is 11.3 Å². The van der Waals surface area contributed by atoms with E-state index in [9.17, 15) is 4.79 Å². The van der Waals surface area contributed by atoms with Crippen molar-refractivity contribution in [3.63, 3.8) is 0 Å². The number of hydrogen-bond acceptors (Lipinski definition) is 3. The van der Waals surface area contributed by atoms with Crippen LogP contribution < -0.4 is 5.32 Å². The molecule has 0 radical (unpaired) electrons. The van der Waals surface area contributed by atoms with Crippen molar-refractivity contribution in [1.29, 1.82) is 0 Å². The summed E-state index contributed by atoms with van der Waals surface area (Å²) in [4.78, 5) is 15.9. The Labute approximate surface area is 159 Å². The van der Waals surface area contributed by atoms with Gasteiger partial charge in [-0.1, -0.05) is 48.0 Å². The SMILES string of the molecule is CC(=O)NC(C)CCc1ccc(-c2csc(-c3cccc(C)c3)n2)cc1. The molecule has 0 saturated carbocycles. The van der Waals surface area contributed by atoms with Gasteiger partial charge in [0.15, 0.2) is 0 Å². The number of carbonyl (C=O) groups is 1. The topological polar surface area (TPSA) is 42.0 Å². The van der Waals surface area contributed by atoms with E-state index in [0.717, 1.165) is 29.1 Å². The summed E-state index contributed by atoms with van der Waals surface area (Å²) in [6.07, 6.45) is 1.89. The van der Waals surface area contributed by atoms with Crippen LogP contribution in [0.3, 0.4) is 0 Å². The maximum absolute atomic E-state index is 11.1. The molecule has 4 heteroatoms. The van der Waals surface area contributed by atoms with E-state index >= 15 is 0 Å². The number of aromatic nitrogens is 1. The number of rotatable bonds is 6. The van der Waals surface area contributed by atoms with E-state index in [2.05, 4.69) is 66.2 Å². The maximum atomic E-state index is 11.1. The number of nitrogens with zero attached hydrogens (tertiary/aromatic N) is 1. The monoisotopic (exact) mass is 364 g/mol. The number of amides is 1. The van der Waals surface area contributed by atoms with Crippen molar-refractivity contribution in [2.24, 2.45) is 0 Å². The smallest absolute Gasteiger partial charge is 0.217 e. The van der Waals surface area contributed by atoms with Gasteiger partial charge in [0, 0.05) is 29.5 Å². The van der Waals surface area contributed by atoms with Crippen LogP contribution in [0.4, 0.5) is 0 Å². The standard InChI is InChI=1S/C22H24N2OS/c1-15-5-4-6-20(13-15)22-24-21(14-26-22)19-11-9-18(10-12-19)8-7-16(2)23-17(3)25/h4-6,9-14,16H,7-8H2,1-3H3,(H,23,25). The minimum Gasteiger partial charge on any atom is -0.354 e. The number of hydrogen-bond donors (Lipinski definition) is 1. The fourth-order valence-corrected chi connectivity index (χ4v) is 3.79. The van der Waals surface area contributed by atoms with E-state index in [1.807, 2.05) is 6.92 Å². The van der Waals surface area contributed by atoms with Gasteiger partial charge in [0.2, 0.25) is 5.91 Å². The number of nitrogens with one attached hydrogen (secondary N) is 1. The minimum atomic E-state index is 0.0285. The average Bonchev–Trinajstić information content (AvgIpc) is 3.10. The van der Waals surface area contributed by atoms with E-state index in [1.54, 1.807) is 18.3 Å². The predicted octanol–water partition coefficient (Wildman–Crippen LogP) is 5.24. The van der Waals surface area contributed by atoms with E-state index in [-0.39, 0.29) is 11.9 Å². The van der Waals surface area contributed by atoms with Gasteiger partial charge in [0.25, 0.3) is 0 Å². The lowest BCUT2D eigenvalue weighted by molar-refractivity contribution is -0.119. The number of thiazole rings is 1. The highest BCUT2D eigenvalue weighted by molar-refractivity contribution is 7.13. The van der Waals surface area contributed by atoms with Crippen molar-refractivity contribution in [3.05, 3.63) is 65.0 Å². The molecule has 3 nitrogen and oxygen atoms in total. The zero-order valence-electron chi connectivity index (χ0n) is 15.5. The molecule has 0 saturated heterocycles. The molecule has 1 unspecified atom stereocenters. The molecule has 134 valence electrons. The third-order valence-corrected chi connectivity index (χ3v) is 5.23. The molecular weight excluding hydrogens is 340 g/mol. The van der Waals surface area contributed by atoms with Gasteiger partial charge in [-0.05, 0) is 38.3 Å². The van der Waals surface area contributed by atoms with Gasteiger partial charge in [0.05, 0.1) is 5.69 Å². The summed E-state index contributed by atoms with van der Waals surface area (Å²) in [6, 6.07) is 17.2. The Balaban J connectivity index is 1.66. The van der Waals surface area contributed by atoms with Gasteiger partial charge < -0.3 is 5.32 Å². The Bertz CT molecular complexity index is 883. The predicted molar refractivity (Wildman–Crippen MR) is 109 cm³/mol. The van der Waals surface area contributed by atoms with Gasteiger partial charge >= 0.3 is 0 Å². The molecule has 1 heterocycles. The third-order valence-electron chi connectivity index (χ3n) is 4.33. The van der Waals surface area contributed by atoms with E-state index in [1.165, 1.54) is 16.7 Å². The molecule has 0 aliphatic rings. The lowest BCUT2D eigenvalue weighted by Crippen LogP contribution is -2.30. The minimum absolute atomic E-state index is 0.0285. The van der Waals surface area contributed by atoms with Crippen LogP contribution in [0.1, 0.15) is 31.4 Å². The molecule has 3 rings (SSSR count). The Morgan fingerprint density at radius 3 is 2.62 bits per heavy atom. The first kappa shape index (κ1) is 18.3. The Morgan fingerprint density at radius 1 is 1.15 bits per heavy atom. The quantitative estimate of drug-likeness (QED) is 0.650.